The number of nitrogens with one attached hydrogen (secondary N) is 2. The SMILES string of the molecule is [N-]=C(c1cc(NC(=O)C(CCN)C2C=CC=CC2)ccc1N)C(O)Nc1ccccc1. The zero-order valence-corrected chi connectivity index (χ0v) is 17.2. The number of nitrogens with two attached hydrogens (primary N) is 2. The van der Waals surface area contributed by atoms with E-state index in [1.54, 1.807) is 30.3 Å². The van der Waals surface area contributed by atoms with Crippen LogP contribution >= 0.6 is 0 Å². The topological polar surface area (TPSA) is 136 Å². The molecule has 0 heterocycles. The van der Waals surface area contributed by atoms with Crippen molar-refractivity contribution in [2.75, 3.05) is 22.9 Å². The molecule has 0 bridgehead atoms. The van der Waals surface area contributed by atoms with Gasteiger partial charge in [-0.15, -0.1) is 5.71 Å². The molecule has 0 aromatic heterocycles. The maximum atomic E-state index is 13.0. The molecule has 7 nitrogen and oxygen atoms in total. The monoisotopic (exact) mass is 418 g/mol. The molecule has 1 aliphatic rings. The second-order valence-electron chi connectivity index (χ2n) is 7.49. The van der Waals surface area contributed by atoms with E-state index in [0.29, 0.717) is 24.3 Å². The standard InChI is InChI=1S/C24H28N5O2/c25-14-13-19(16-7-3-1-4-8-16)23(30)29-18-11-12-21(26)20(15-18)22(27)24(31)28-17-9-5-2-6-10-17/h1-7,9-12,15-16,19,24,28,31H,8,13-14,25-26H2,(H,29,30)/q-1. The number of allylic oxidation sites excluding steroid dienone is 4. The van der Waals surface area contributed by atoms with Crippen LogP contribution in [0.3, 0.4) is 0 Å². The first kappa shape index (κ1) is 22.3. The van der Waals surface area contributed by atoms with Crippen LogP contribution in [0.4, 0.5) is 17.1 Å². The Morgan fingerprint density at radius 3 is 2.61 bits per heavy atom. The Bertz CT molecular complexity index is 971. The molecule has 0 spiro atoms. The molecule has 162 valence electrons. The van der Waals surface area contributed by atoms with Crippen LogP contribution in [0.25, 0.3) is 5.41 Å². The van der Waals surface area contributed by atoms with Gasteiger partial charge in [0.15, 0.2) is 0 Å². The summed E-state index contributed by atoms with van der Waals surface area (Å²) in [5, 5.41) is 26.7. The van der Waals surface area contributed by atoms with Crippen molar-refractivity contribution in [3.8, 4) is 0 Å². The van der Waals surface area contributed by atoms with Crippen molar-refractivity contribution < 1.29 is 9.90 Å². The van der Waals surface area contributed by atoms with Gasteiger partial charge in [0.05, 0.1) is 0 Å². The van der Waals surface area contributed by atoms with E-state index in [0.717, 1.165) is 6.42 Å². The van der Waals surface area contributed by atoms with Gasteiger partial charge in [0.2, 0.25) is 5.91 Å². The summed E-state index contributed by atoms with van der Waals surface area (Å²) in [6, 6.07) is 13.8. The van der Waals surface area contributed by atoms with Gasteiger partial charge in [0.1, 0.15) is 6.23 Å². The number of nitrogen functional groups attached to an aromatic ring is 1. The number of carbonyl (C=O) groups excluding carboxylic acids is 1. The Labute approximate surface area is 182 Å². The highest BCUT2D eigenvalue weighted by atomic mass is 16.3. The Morgan fingerprint density at radius 2 is 1.94 bits per heavy atom. The van der Waals surface area contributed by atoms with Crippen molar-refractivity contribution in [2.45, 2.75) is 19.1 Å². The van der Waals surface area contributed by atoms with Crippen LogP contribution in [0, 0.1) is 11.8 Å². The average Bonchev–Trinajstić information content (AvgIpc) is 2.79. The third-order valence-electron chi connectivity index (χ3n) is 5.28. The highest BCUT2D eigenvalue weighted by Gasteiger charge is 2.26. The lowest BCUT2D eigenvalue weighted by molar-refractivity contribution is -0.121. The van der Waals surface area contributed by atoms with Gasteiger partial charge in [-0.3, -0.25) is 4.79 Å². The van der Waals surface area contributed by atoms with E-state index >= 15 is 0 Å². The molecule has 7 N–H and O–H groups in total. The molecule has 7 heteroatoms. The summed E-state index contributed by atoms with van der Waals surface area (Å²) in [7, 11) is 0. The molecule has 0 fully saturated rings. The van der Waals surface area contributed by atoms with Gasteiger partial charge in [-0.1, -0.05) is 42.5 Å². The maximum absolute atomic E-state index is 13.0. The molecule has 0 saturated carbocycles. The fourth-order valence-electron chi connectivity index (χ4n) is 3.62. The molecule has 2 aromatic carbocycles. The summed E-state index contributed by atoms with van der Waals surface area (Å²) in [5.74, 6) is -0.331. The number of nitrogens with zero attached hydrogens (tertiary/aromatic N) is 1. The summed E-state index contributed by atoms with van der Waals surface area (Å²) < 4.78 is 0. The molecule has 3 unspecified atom stereocenters. The molecule has 3 rings (SSSR count). The number of aliphatic hydroxyl groups is 1. The Hall–Kier alpha value is -3.42. The van der Waals surface area contributed by atoms with E-state index in [2.05, 4.69) is 10.6 Å². The van der Waals surface area contributed by atoms with E-state index in [-0.39, 0.29) is 34.7 Å². The normalized spacial score (nSPS) is 17.0. The number of aliphatic hydroxyl groups excluding tert-OH is 1. The van der Waals surface area contributed by atoms with Crippen molar-refractivity contribution in [3.05, 3.63) is 83.8 Å². The quantitative estimate of drug-likeness (QED) is 0.242. The number of amides is 1. The molecule has 1 amide bonds. The Morgan fingerprint density at radius 1 is 1.16 bits per heavy atom. The molecule has 0 radical (unpaired) electrons. The van der Waals surface area contributed by atoms with Crippen LogP contribution in [-0.2, 0) is 4.79 Å². The van der Waals surface area contributed by atoms with E-state index < -0.39 is 6.23 Å². The van der Waals surface area contributed by atoms with Gasteiger partial charge < -0.3 is 32.6 Å². The first-order valence-corrected chi connectivity index (χ1v) is 10.3. The minimum atomic E-state index is -1.36. The van der Waals surface area contributed by atoms with Crippen LogP contribution < -0.4 is 22.1 Å². The molecule has 0 saturated heterocycles. The number of benzene rings is 2. The van der Waals surface area contributed by atoms with E-state index in [9.17, 15) is 15.3 Å². The van der Waals surface area contributed by atoms with E-state index in [1.165, 1.54) is 0 Å². The number of rotatable bonds is 9. The number of carbonyl (C=O) groups is 1. The molecule has 1 aliphatic carbocycles. The lowest BCUT2D eigenvalue weighted by Gasteiger charge is -2.26. The number of hydrogen-bond acceptors (Lipinski definition) is 5. The van der Waals surface area contributed by atoms with Crippen molar-refractivity contribution in [3.63, 3.8) is 0 Å². The molecule has 2 aromatic rings. The first-order valence-electron chi connectivity index (χ1n) is 10.3. The second-order valence-corrected chi connectivity index (χ2v) is 7.49. The van der Waals surface area contributed by atoms with Gasteiger partial charge in [-0.2, -0.15) is 0 Å². The second kappa shape index (κ2) is 10.6. The zero-order chi connectivity index (χ0) is 22.2. The fraction of sp³-hybridized carbons (Fsp3) is 0.250. The summed E-state index contributed by atoms with van der Waals surface area (Å²) >= 11 is 0. The minimum absolute atomic E-state index is 0.0821. The number of para-hydroxylation sites is 1. The largest absolute Gasteiger partial charge is 0.803 e. The van der Waals surface area contributed by atoms with Gasteiger partial charge in [0, 0.05) is 23.0 Å². The summed E-state index contributed by atoms with van der Waals surface area (Å²) in [5.41, 5.74) is 13.1. The summed E-state index contributed by atoms with van der Waals surface area (Å²) in [6.07, 6.45) is 7.96. The zero-order valence-electron chi connectivity index (χ0n) is 17.2. The van der Waals surface area contributed by atoms with Gasteiger partial charge >= 0.3 is 0 Å². The molecule has 3 atom stereocenters. The minimum Gasteiger partial charge on any atom is -0.803 e. The van der Waals surface area contributed by atoms with Gasteiger partial charge in [-0.05, 0) is 61.2 Å². The van der Waals surface area contributed by atoms with Crippen LogP contribution in [0.15, 0.2) is 72.8 Å². The predicted octanol–water partition coefficient (Wildman–Crippen LogP) is 3.09. The van der Waals surface area contributed by atoms with Crippen LogP contribution in [0.5, 0.6) is 0 Å². The van der Waals surface area contributed by atoms with Crippen molar-refractivity contribution >= 4 is 28.7 Å². The van der Waals surface area contributed by atoms with Crippen LogP contribution in [-0.4, -0.2) is 29.5 Å². The average molecular weight is 419 g/mol. The Kier molecular flexibility index (Phi) is 7.59. The summed E-state index contributed by atoms with van der Waals surface area (Å²) in [6.45, 7) is 0.408. The Balaban J connectivity index is 1.73. The van der Waals surface area contributed by atoms with Crippen LogP contribution in [0.1, 0.15) is 18.4 Å². The summed E-state index contributed by atoms with van der Waals surface area (Å²) in [4.78, 5) is 13.0. The molecule has 0 aliphatic heterocycles. The van der Waals surface area contributed by atoms with E-state index in [4.69, 9.17) is 11.5 Å². The maximum Gasteiger partial charge on any atom is 0.228 e. The first-order chi connectivity index (χ1) is 15.0. The third kappa shape index (κ3) is 5.81. The van der Waals surface area contributed by atoms with Gasteiger partial charge in [-0.25, -0.2) is 0 Å². The fourth-order valence-corrected chi connectivity index (χ4v) is 3.62. The van der Waals surface area contributed by atoms with Crippen LogP contribution in [0.2, 0.25) is 0 Å². The third-order valence-corrected chi connectivity index (χ3v) is 5.28. The highest BCUT2D eigenvalue weighted by molar-refractivity contribution is 6.11. The van der Waals surface area contributed by atoms with Crippen molar-refractivity contribution in [2.24, 2.45) is 17.6 Å². The smallest absolute Gasteiger partial charge is 0.228 e. The predicted molar refractivity (Wildman–Crippen MR) is 127 cm³/mol. The van der Waals surface area contributed by atoms with Crippen molar-refractivity contribution in [1.29, 1.82) is 0 Å². The highest BCUT2D eigenvalue weighted by Crippen LogP contribution is 2.27. The van der Waals surface area contributed by atoms with Crippen molar-refractivity contribution in [1.82, 2.24) is 0 Å². The van der Waals surface area contributed by atoms with Gasteiger partial charge in [0.25, 0.3) is 0 Å². The van der Waals surface area contributed by atoms with E-state index in [1.807, 2.05) is 42.5 Å². The number of hydrogen-bond donors (Lipinski definition) is 5. The molecular weight excluding hydrogens is 390 g/mol. The lowest BCUT2D eigenvalue weighted by Crippen LogP contribution is -2.31. The molecular formula is C24H28N5O2-. The molecule has 31 heavy (non-hydrogen) atoms. The lowest BCUT2D eigenvalue weighted by atomic mass is 9.84. The number of anilines is 3.